The van der Waals surface area contributed by atoms with Crippen LogP contribution in [0.1, 0.15) is 40.7 Å². The largest absolute Gasteiger partial charge is 0.465 e. The molecule has 0 N–H and O–H groups in total. The molecule has 0 fully saturated rings. The fraction of sp³-hybridized carbons (Fsp3) is 0.286. The van der Waals surface area contributed by atoms with Crippen LogP contribution in [-0.4, -0.2) is 18.4 Å². The Morgan fingerprint density at radius 3 is 2.27 bits per heavy atom. The SMILES string of the molecule is CCOC(=O)C(C#N)C(CC(=O)c1ccc(Cl)cc1)c1ccc(C)cc1. The topological polar surface area (TPSA) is 67.2 Å². The molecule has 2 aromatic carbocycles. The zero-order chi connectivity index (χ0) is 19.1. The third-order valence-corrected chi connectivity index (χ3v) is 4.41. The van der Waals surface area contributed by atoms with E-state index >= 15 is 0 Å². The molecule has 0 aliphatic rings. The van der Waals surface area contributed by atoms with Crippen molar-refractivity contribution in [3.63, 3.8) is 0 Å². The van der Waals surface area contributed by atoms with Crippen LogP contribution in [0.25, 0.3) is 0 Å². The van der Waals surface area contributed by atoms with Gasteiger partial charge in [-0.1, -0.05) is 41.4 Å². The lowest BCUT2D eigenvalue weighted by Gasteiger charge is -2.21. The molecule has 0 aliphatic heterocycles. The molecule has 0 heterocycles. The third-order valence-electron chi connectivity index (χ3n) is 4.16. The highest BCUT2D eigenvalue weighted by atomic mass is 35.5. The predicted octanol–water partition coefficient (Wildman–Crippen LogP) is 4.71. The molecule has 0 bridgehead atoms. The van der Waals surface area contributed by atoms with Gasteiger partial charge in [0, 0.05) is 22.9 Å². The molecule has 134 valence electrons. The van der Waals surface area contributed by atoms with Gasteiger partial charge in [0.05, 0.1) is 12.7 Å². The second kappa shape index (κ2) is 9.17. The Morgan fingerprint density at radius 2 is 1.73 bits per heavy atom. The normalized spacial score (nSPS) is 12.7. The van der Waals surface area contributed by atoms with E-state index in [0.717, 1.165) is 11.1 Å². The number of nitrogens with zero attached hydrogens (tertiary/aromatic N) is 1. The Bertz CT molecular complexity index is 807. The maximum atomic E-state index is 12.7. The van der Waals surface area contributed by atoms with Crippen molar-refractivity contribution >= 4 is 23.4 Å². The molecule has 0 spiro atoms. The third kappa shape index (κ3) is 4.93. The van der Waals surface area contributed by atoms with Gasteiger partial charge in [-0.25, -0.2) is 0 Å². The summed E-state index contributed by atoms with van der Waals surface area (Å²) in [6.07, 6.45) is 0.0295. The van der Waals surface area contributed by atoms with Crippen molar-refractivity contribution in [3.8, 4) is 6.07 Å². The van der Waals surface area contributed by atoms with E-state index in [1.165, 1.54) is 0 Å². The van der Waals surface area contributed by atoms with Crippen LogP contribution >= 0.6 is 11.6 Å². The Kier molecular flexibility index (Phi) is 6.94. The van der Waals surface area contributed by atoms with Crippen molar-refractivity contribution in [2.45, 2.75) is 26.2 Å². The molecular formula is C21H20ClNO3. The molecule has 26 heavy (non-hydrogen) atoms. The number of esters is 1. The Morgan fingerprint density at radius 1 is 1.12 bits per heavy atom. The molecule has 0 aromatic heterocycles. The number of carbonyl (C=O) groups is 2. The number of Topliss-reactive ketones (excluding diaryl/α,β-unsaturated/α-hetero) is 1. The quantitative estimate of drug-likeness (QED) is 0.523. The van der Waals surface area contributed by atoms with E-state index < -0.39 is 17.8 Å². The number of ketones is 1. The molecule has 0 radical (unpaired) electrons. The first-order valence-corrected chi connectivity index (χ1v) is 8.75. The maximum Gasteiger partial charge on any atom is 0.323 e. The number of hydrogen-bond donors (Lipinski definition) is 0. The van der Waals surface area contributed by atoms with Gasteiger partial charge in [0.1, 0.15) is 0 Å². The van der Waals surface area contributed by atoms with Crippen LogP contribution in [0.4, 0.5) is 0 Å². The Labute approximate surface area is 158 Å². The first kappa shape index (κ1) is 19.7. The molecule has 2 rings (SSSR count). The van der Waals surface area contributed by atoms with E-state index in [2.05, 4.69) is 0 Å². The van der Waals surface area contributed by atoms with E-state index in [1.807, 2.05) is 37.3 Å². The maximum absolute atomic E-state index is 12.7. The standard InChI is InChI=1S/C21H20ClNO3/c1-3-26-21(25)19(13-23)18(15-6-4-14(2)5-7-15)12-20(24)16-8-10-17(22)11-9-16/h4-11,18-19H,3,12H2,1-2H3. The van der Waals surface area contributed by atoms with Gasteiger partial charge in [0.25, 0.3) is 0 Å². The van der Waals surface area contributed by atoms with Gasteiger partial charge in [-0.05, 0) is 43.7 Å². The van der Waals surface area contributed by atoms with Gasteiger partial charge in [0.15, 0.2) is 11.7 Å². The fourth-order valence-electron chi connectivity index (χ4n) is 2.73. The minimum Gasteiger partial charge on any atom is -0.465 e. The van der Waals surface area contributed by atoms with Crippen LogP contribution in [0.2, 0.25) is 5.02 Å². The molecule has 2 unspecified atom stereocenters. The minimum absolute atomic E-state index is 0.0295. The summed E-state index contributed by atoms with van der Waals surface area (Å²) in [5.41, 5.74) is 2.31. The Hall–Kier alpha value is -2.64. The smallest absolute Gasteiger partial charge is 0.323 e. The highest BCUT2D eigenvalue weighted by Crippen LogP contribution is 2.31. The number of halogens is 1. The monoisotopic (exact) mass is 369 g/mol. The van der Waals surface area contributed by atoms with Gasteiger partial charge < -0.3 is 4.74 Å². The first-order chi connectivity index (χ1) is 12.5. The first-order valence-electron chi connectivity index (χ1n) is 8.37. The van der Waals surface area contributed by atoms with Crippen LogP contribution in [-0.2, 0) is 9.53 Å². The van der Waals surface area contributed by atoms with E-state index in [1.54, 1.807) is 31.2 Å². The van der Waals surface area contributed by atoms with Crippen LogP contribution in [0, 0.1) is 24.2 Å². The number of carbonyl (C=O) groups excluding carboxylic acids is 2. The minimum atomic E-state index is -1.05. The summed E-state index contributed by atoms with van der Waals surface area (Å²) in [7, 11) is 0. The van der Waals surface area contributed by atoms with Crippen molar-refractivity contribution < 1.29 is 14.3 Å². The summed E-state index contributed by atoms with van der Waals surface area (Å²) >= 11 is 5.87. The summed E-state index contributed by atoms with van der Waals surface area (Å²) in [5.74, 6) is -2.39. The number of nitriles is 1. The van der Waals surface area contributed by atoms with Gasteiger partial charge in [-0.15, -0.1) is 0 Å². The van der Waals surface area contributed by atoms with Gasteiger partial charge in [-0.2, -0.15) is 5.26 Å². The zero-order valence-corrected chi connectivity index (χ0v) is 15.5. The van der Waals surface area contributed by atoms with Gasteiger partial charge >= 0.3 is 5.97 Å². The summed E-state index contributed by atoms with van der Waals surface area (Å²) in [4.78, 5) is 24.9. The highest BCUT2D eigenvalue weighted by molar-refractivity contribution is 6.30. The second-order valence-corrected chi connectivity index (χ2v) is 6.45. The van der Waals surface area contributed by atoms with Gasteiger partial charge in [-0.3, -0.25) is 9.59 Å². The lowest BCUT2D eigenvalue weighted by atomic mass is 9.82. The van der Waals surface area contributed by atoms with Crippen molar-refractivity contribution in [2.24, 2.45) is 5.92 Å². The van der Waals surface area contributed by atoms with E-state index in [0.29, 0.717) is 10.6 Å². The lowest BCUT2D eigenvalue weighted by Crippen LogP contribution is -2.25. The van der Waals surface area contributed by atoms with E-state index in [-0.39, 0.29) is 18.8 Å². The van der Waals surface area contributed by atoms with Crippen molar-refractivity contribution in [2.75, 3.05) is 6.61 Å². The summed E-state index contributed by atoms with van der Waals surface area (Å²) in [5, 5.41) is 10.1. The molecule has 2 aromatic rings. The van der Waals surface area contributed by atoms with Crippen molar-refractivity contribution in [1.29, 1.82) is 5.26 Å². The number of hydrogen-bond acceptors (Lipinski definition) is 4. The Balaban J connectivity index is 2.34. The zero-order valence-electron chi connectivity index (χ0n) is 14.7. The second-order valence-electron chi connectivity index (χ2n) is 6.01. The number of aryl methyl sites for hydroxylation is 1. The lowest BCUT2D eigenvalue weighted by molar-refractivity contribution is -0.146. The molecular weight excluding hydrogens is 350 g/mol. The summed E-state index contributed by atoms with van der Waals surface area (Å²) in [6, 6.07) is 16.1. The van der Waals surface area contributed by atoms with Crippen molar-refractivity contribution in [1.82, 2.24) is 0 Å². The molecule has 5 heteroatoms. The fourth-order valence-corrected chi connectivity index (χ4v) is 2.86. The number of ether oxygens (including phenoxy) is 1. The molecule has 2 atom stereocenters. The average molecular weight is 370 g/mol. The van der Waals surface area contributed by atoms with Crippen LogP contribution in [0.3, 0.4) is 0 Å². The van der Waals surface area contributed by atoms with E-state index in [9.17, 15) is 14.9 Å². The molecule has 0 saturated heterocycles. The summed E-state index contributed by atoms with van der Waals surface area (Å²) < 4.78 is 5.03. The van der Waals surface area contributed by atoms with Gasteiger partial charge in [0.2, 0.25) is 0 Å². The number of rotatable bonds is 7. The van der Waals surface area contributed by atoms with E-state index in [4.69, 9.17) is 16.3 Å². The van der Waals surface area contributed by atoms with Crippen LogP contribution in [0.5, 0.6) is 0 Å². The molecule has 0 amide bonds. The van der Waals surface area contributed by atoms with Crippen molar-refractivity contribution in [3.05, 3.63) is 70.2 Å². The molecule has 0 saturated carbocycles. The molecule has 4 nitrogen and oxygen atoms in total. The summed E-state index contributed by atoms with van der Waals surface area (Å²) in [6.45, 7) is 3.82. The molecule has 0 aliphatic carbocycles. The van der Waals surface area contributed by atoms with Crippen LogP contribution < -0.4 is 0 Å². The highest BCUT2D eigenvalue weighted by Gasteiger charge is 2.32. The number of benzene rings is 2. The average Bonchev–Trinajstić information content (AvgIpc) is 2.63. The van der Waals surface area contributed by atoms with Crippen LogP contribution in [0.15, 0.2) is 48.5 Å². The predicted molar refractivity (Wildman–Crippen MR) is 100 cm³/mol.